The van der Waals surface area contributed by atoms with Crippen LogP contribution >= 0.6 is 22.6 Å². The molecule has 204 valence electrons. The number of halogens is 3. The molecule has 0 radical (unpaired) electrons. The molecule has 0 spiro atoms. The summed E-state index contributed by atoms with van der Waals surface area (Å²) in [5.41, 5.74) is 0.484. The first-order valence-corrected chi connectivity index (χ1v) is 13.1. The molecule has 2 N–H and O–H groups in total. The summed E-state index contributed by atoms with van der Waals surface area (Å²) >= 11 is 1.76. The topological polar surface area (TPSA) is 97.0 Å². The van der Waals surface area contributed by atoms with Crippen molar-refractivity contribution in [2.24, 2.45) is 0 Å². The van der Waals surface area contributed by atoms with E-state index in [-0.39, 0.29) is 0 Å². The molecular weight excluding hydrogens is 623 g/mol. The lowest BCUT2D eigenvalue weighted by atomic mass is 9.91. The number of ether oxygens (including phenoxy) is 2. The quantitative estimate of drug-likeness (QED) is 0.183. The van der Waals surface area contributed by atoms with Crippen molar-refractivity contribution in [3.05, 3.63) is 93.1 Å². The number of methoxy groups -OCH3 is 1. The number of nitrogens with one attached hydrogen (secondary N) is 2. The smallest absolute Gasteiger partial charge is 0.325 e. The molecule has 0 saturated carbocycles. The van der Waals surface area contributed by atoms with Crippen molar-refractivity contribution in [3.63, 3.8) is 0 Å². The van der Waals surface area contributed by atoms with Crippen LogP contribution in [0.1, 0.15) is 30.0 Å². The molecule has 1 aliphatic heterocycles. The molecule has 3 aromatic carbocycles. The van der Waals surface area contributed by atoms with Gasteiger partial charge in [0, 0.05) is 16.6 Å². The molecule has 8 nitrogen and oxygen atoms in total. The highest BCUT2D eigenvalue weighted by Crippen LogP contribution is 2.32. The van der Waals surface area contributed by atoms with Gasteiger partial charge in [0.1, 0.15) is 30.1 Å². The van der Waals surface area contributed by atoms with Crippen LogP contribution in [0.25, 0.3) is 0 Å². The van der Waals surface area contributed by atoms with Crippen LogP contribution in [0.15, 0.2) is 66.7 Å². The van der Waals surface area contributed by atoms with E-state index in [1.807, 2.05) is 0 Å². The fourth-order valence-corrected chi connectivity index (χ4v) is 4.89. The molecule has 1 aliphatic rings. The monoisotopic (exact) mass is 649 g/mol. The van der Waals surface area contributed by atoms with Gasteiger partial charge in [-0.2, -0.15) is 0 Å². The lowest BCUT2D eigenvalue weighted by Gasteiger charge is -2.30. The Balaban J connectivity index is 1.64. The van der Waals surface area contributed by atoms with Gasteiger partial charge in [-0.05, 0) is 58.0 Å². The van der Waals surface area contributed by atoms with E-state index in [9.17, 15) is 23.2 Å². The molecule has 1 fully saturated rings. The predicted octanol–water partition coefficient (Wildman–Crippen LogP) is 5.00. The molecular formula is C28H26F2IN3O5. The van der Waals surface area contributed by atoms with Gasteiger partial charge in [-0.25, -0.2) is 18.5 Å². The van der Waals surface area contributed by atoms with Gasteiger partial charge < -0.3 is 20.1 Å². The Morgan fingerprint density at radius 1 is 1.05 bits per heavy atom. The Morgan fingerprint density at radius 3 is 2.31 bits per heavy atom. The van der Waals surface area contributed by atoms with Crippen molar-refractivity contribution in [1.29, 1.82) is 0 Å². The minimum atomic E-state index is -1.40. The van der Waals surface area contributed by atoms with Crippen molar-refractivity contribution in [3.8, 4) is 5.75 Å². The number of carbonyl (C=O) groups excluding carboxylic acids is 3. The Kier molecular flexibility index (Phi) is 9.12. The number of imide groups is 1. The highest BCUT2D eigenvalue weighted by atomic mass is 127. The largest absolute Gasteiger partial charge is 0.491 e. The van der Waals surface area contributed by atoms with Gasteiger partial charge in [-0.3, -0.25) is 9.59 Å². The number of hydrogen-bond acceptors (Lipinski definition) is 5. The van der Waals surface area contributed by atoms with Gasteiger partial charge in [0.25, 0.3) is 5.91 Å². The number of urea groups is 1. The zero-order valence-electron chi connectivity index (χ0n) is 21.1. The minimum absolute atomic E-state index is 0.307. The van der Waals surface area contributed by atoms with E-state index in [4.69, 9.17) is 9.47 Å². The highest BCUT2D eigenvalue weighted by Gasteiger charge is 2.47. The van der Waals surface area contributed by atoms with Crippen molar-refractivity contribution in [1.82, 2.24) is 10.2 Å². The van der Waals surface area contributed by atoms with Crippen LogP contribution in [0, 0.1) is 15.2 Å². The highest BCUT2D eigenvalue weighted by molar-refractivity contribution is 14.1. The second kappa shape index (κ2) is 12.5. The fourth-order valence-electron chi connectivity index (χ4n) is 4.35. The number of amides is 4. The maximum atomic E-state index is 14.6. The molecule has 1 heterocycles. The third-order valence-corrected chi connectivity index (χ3v) is 6.96. The number of nitrogens with zero attached hydrogens (tertiary/aromatic N) is 1. The van der Waals surface area contributed by atoms with Crippen LogP contribution in [0.2, 0.25) is 0 Å². The number of anilines is 1. The maximum Gasteiger partial charge on any atom is 0.325 e. The molecule has 4 amide bonds. The summed E-state index contributed by atoms with van der Waals surface area (Å²) in [5, 5.41) is 4.89. The van der Waals surface area contributed by atoms with E-state index < -0.39 is 53.2 Å². The van der Waals surface area contributed by atoms with E-state index in [2.05, 4.69) is 10.6 Å². The van der Waals surface area contributed by atoms with Crippen LogP contribution in [-0.2, 0) is 14.3 Å². The first kappa shape index (κ1) is 28.4. The van der Waals surface area contributed by atoms with E-state index in [1.54, 1.807) is 91.2 Å². The Morgan fingerprint density at radius 2 is 1.69 bits per heavy atom. The molecule has 1 saturated heterocycles. The van der Waals surface area contributed by atoms with Gasteiger partial charge in [-0.1, -0.05) is 49.4 Å². The van der Waals surface area contributed by atoms with Crippen molar-refractivity contribution in [2.75, 3.05) is 25.6 Å². The van der Waals surface area contributed by atoms with Gasteiger partial charge in [0.05, 0.1) is 6.61 Å². The molecule has 4 rings (SSSR count). The summed E-state index contributed by atoms with van der Waals surface area (Å²) in [6, 6.07) is 14.3. The molecule has 3 atom stereocenters. The molecule has 39 heavy (non-hydrogen) atoms. The summed E-state index contributed by atoms with van der Waals surface area (Å²) in [7, 11) is 1.56. The van der Waals surface area contributed by atoms with Crippen LogP contribution in [0.3, 0.4) is 0 Å². The first-order chi connectivity index (χ1) is 18.7. The van der Waals surface area contributed by atoms with E-state index in [0.29, 0.717) is 33.7 Å². The molecule has 0 aromatic heterocycles. The summed E-state index contributed by atoms with van der Waals surface area (Å²) < 4.78 is 39.9. The van der Waals surface area contributed by atoms with Gasteiger partial charge >= 0.3 is 6.03 Å². The Bertz CT molecular complexity index is 1330. The van der Waals surface area contributed by atoms with Crippen molar-refractivity contribution >= 4 is 46.1 Å². The second-order valence-electron chi connectivity index (χ2n) is 8.88. The van der Waals surface area contributed by atoms with Crippen molar-refractivity contribution < 1.29 is 32.6 Å². The predicted molar refractivity (Wildman–Crippen MR) is 148 cm³/mol. The fraction of sp³-hybridized carbons (Fsp3) is 0.250. The molecule has 3 aromatic rings. The Labute approximate surface area is 237 Å². The van der Waals surface area contributed by atoms with Crippen LogP contribution in [-0.4, -0.2) is 49.1 Å². The molecule has 0 aliphatic carbocycles. The summed E-state index contributed by atoms with van der Waals surface area (Å²) in [4.78, 5) is 41.1. The summed E-state index contributed by atoms with van der Waals surface area (Å²) in [6.45, 7) is 2.42. The molecule has 0 bridgehead atoms. The van der Waals surface area contributed by atoms with Crippen LogP contribution < -0.4 is 15.4 Å². The number of hydrogen-bond donors (Lipinski definition) is 2. The van der Waals surface area contributed by atoms with Gasteiger partial charge in [0.2, 0.25) is 5.91 Å². The Hall–Kier alpha value is -3.58. The summed E-state index contributed by atoms with van der Waals surface area (Å²) in [5.74, 6) is -3.66. The van der Waals surface area contributed by atoms with Gasteiger partial charge in [0.15, 0.2) is 11.6 Å². The maximum absolute atomic E-state index is 14.6. The van der Waals surface area contributed by atoms with Gasteiger partial charge in [-0.15, -0.1) is 0 Å². The average Bonchev–Trinajstić information content (AvgIpc) is 3.21. The van der Waals surface area contributed by atoms with E-state index >= 15 is 0 Å². The second-order valence-corrected chi connectivity index (χ2v) is 10.1. The zero-order chi connectivity index (χ0) is 28.1. The van der Waals surface area contributed by atoms with Crippen LogP contribution in [0.4, 0.5) is 19.3 Å². The molecule has 11 heteroatoms. The average molecular weight is 649 g/mol. The third-order valence-electron chi connectivity index (χ3n) is 6.34. The number of carbonyl (C=O) groups is 3. The molecule has 0 unspecified atom stereocenters. The summed E-state index contributed by atoms with van der Waals surface area (Å²) in [6.07, 6.45) is 0. The van der Waals surface area contributed by atoms with E-state index in [1.165, 1.54) is 0 Å². The lowest BCUT2D eigenvalue weighted by molar-refractivity contribution is -0.134. The standard InChI is InChI=1S/C28H26F2IN3O5/c1-16(17-6-4-3-5-7-17)25(26(35)32-24-21(29)14-19(31)15-22(24)30)34-27(36)23(33-28(34)37)18-8-10-20(11-9-18)39-13-12-38-2/h3-11,14-16,23,25H,12-13H2,1-2H3,(H,32,35)(H,33,37)/t16-,23+,25-/m0/s1. The third kappa shape index (κ3) is 6.36. The number of benzene rings is 3. The minimum Gasteiger partial charge on any atom is -0.491 e. The first-order valence-electron chi connectivity index (χ1n) is 12.1. The normalized spacial score (nSPS) is 16.5. The van der Waals surface area contributed by atoms with Crippen LogP contribution in [0.5, 0.6) is 5.75 Å². The SMILES string of the molecule is COCCOc1ccc([C@H]2NC(=O)N([C@H](C(=O)Nc3c(F)cc(I)cc3F)[C@@H](C)c3ccccc3)C2=O)cc1. The van der Waals surface area contributed by atoms with Crippen molar-refractivity contribution in [2.45, 2.75) is 24.9 Å². The zero-order valence-corrected chi connectivity index (χ0v) is 23.3. The number of rotatable bonds is 10. The lowest BCUT2D eigenvalue weighted by Crippen LogP contribution is -2.50. The van der Waals surface area contributed by atoms with E-state index in [0.717, 1.165) is 17.0 Å².